The molecule has 2 aromatic carbocycles. The third kappa shape index (κ3) is 8.34. The second-order valence-corrected chi connectivity index (χ2v) is 12.4. The molecule has 2 heterocycles. The fourth-order valence-electron chi connectivity index (χ4n) is 4.67. The van der Waals surface area contributed by atoms with Crippen LogP contribution in [0, 0.1) is 13.8 Å². The van der Waals surface area contributed by atoms with Crippen molar-refractivity contribution in [1.29, 1.82) is 0 Å². The number of hydrogen-bond acceptors (Lipinski definition) is 8. The lowest BCUT2D eigenvalue weighted by Gasteiger charge is -2.34. The zero-order chi connectivity index (χ0) is 29.7. The molecule has 2 amide bonds. The van der Waals surface area contributed by atoms with Crippen LogP contribution in [0.3, 0.4) is 0 Å². The number of halogens is 1. The highest BCUT2D eigenvalue weighted by atomic mass is 35.5. The number of aryl methyl sites for hydroxylation is 2. The van der Waals surface area contributed by atoms with Gasteiger partial charge in [-0.1, -0.05) is 35.9 Å². The zero-order valence-electron chi connectivity index (χ0n) is 24.0. The van der Waals surface area contributed by atoms with E-state index in [2.05, 4.69) is 14.7 Å². The van der Waals surface area contributed by atoms with Crippen molar-refractivity contribution < 1.29 is 19.4 Å². The van der Waals surface area contributed by atoms with E-state index in [9.17, 15) is 14.7 Å². The summed E-state index contributed by atoms with van der Waals surface area (Å²) in [6.45, 7) is 10.5. The van der Waals surface area contributed by atoms with Crippen LogP contribution in [-0.4, -0.2) is 74.8 Å². The Morgan fingerprint density at radius 3 is 2.39 bits per heavy atom. The van der Waals surface area contributed by atoms with Crippen molar-refractivity contribution in [2.75, 3.05) is 30.9 Å². The van der Waals surface area contributed by atoms with Crippen molar-refractivity contribution in [3.8, 4) is 11.3 Å². The lowest BCUT2D eigenvalue weighted by atomic mass is 10.00. The number of anilines is 1. The first-order valence-electron chi connectivity index (χ1n) is 13.5. The molecule has 218 valence electrons. The van der Waals surface area contributed by atoms with Gasteiger partial charge in [0.2, 0.25) is 5.95 Å². The summed E-state index contributed by atoms with van der Waals surface area (Å²) in [5.41, 5.74) is 3.81. The number of aliphatic hydroxyl groups excluding tert-OH is 1. The summed E-state index contributed by atoms with van der Waals surface area (Å²) in [4.78, 5) is 38.8. The van der Waals surface area contributed by atoms with Gasteiger partial charge < -0.3 is 19.6 Å². The van der Waals surface area contributed by atoms with Gasteiger partial charge >= 0.3 is 6.09 Å². The van der Waals surface area contributed by atoms with Gasteiger partial charge in [-0.25, -0.2) is 14.8 Å². The van der Waals surface area contributed by atoms with Crippen molar-refractivity contribution in [1.82, 2.24) is 19.8 Å². The predicted molar refractivity (Wildman–Crippen MR) is 162 cm³/mol. The molecular formula is C30H36ClN5O4S. The summed E-state index contributed by atoms with van der Waals surface area (Å²) in [5.74, 6) is 0.173. The number of benzene rings is 2. The van der Waals surface area contributed by atoms with E-state index in [-0.39, 0.29) is 19.0 Å². The molecule has 1 unspecified atom stereocenters. The monoisotopic (exact) mass is 597 g/mol. The molecule has 0 aliphatic carbocycles. The van der Waals surface area contributed by atoms with E-state index < -0.39 is 17.8 Å². The minimum absolute atomic E-state index is 0.0994. The Balaban J connectivity index is 1.41. The lowest BCUT2D eigenvalue weighted by molar-refractivity contribution is 0.00469. The second-order valence-electron chi connectivity index (χ2n) is 11.1. The van der Waals surface area contributed by atoms with Gasteiger partial charge in [0.1, 0.15) is 10.8 Å². The number of β-amino-alcohol motifs (C(OH)–C–C–N with tert-alkyl or cyclic N) is 1. The van der Waals surface area contributed by atoms with Crippen molar-refractivity contribution in [3.63, 3.8) is 0 Å². The fraction of sp³-hybridized carbons (Fsp3) is 0.400. The molecule has 1 atom stereocenters. The summed E-state index contributed by atoms with van der Waals surface area (Å²) in [5, 5.41) is 11.0. The zero-order valence-corrected chi connectivity index (χ0v) is 25.6. The van der Waals surface area contributed by atoms with E-state index in [4.69, 9.17) is 16.3 Å². The summed E-state index contributed by atoms with van der Waals surface area (Å²) >= 11 is 7.61. The van der Waals surface area contributed by atoms with E-state index in [1.165, 1.54) is 16.8 Å². The molecule has 2 N–H and O–H groups in total. The van der Waals surface area contributed by atoms with Crippen LogP contribution in [0.4, 0.5) is 10.7 Å². The van der Waals surface area contributed by atoms with Gasteiger partial charge in [0, 0.05) is 41.7 Å². The van der Waals surface area contributed by atoms with Gasteiger partial charge in [-0.3, -0.25) is 9.52 Å². The van der Waals surface area contributed by atoms with Crippen LogP contribution in [0.25, 0.3) is 11.3 Å². The average Bonchev–Trinajstić information content (AvgIpc) is 2.87. The van der Waals surface area contributed by atoms with Crippen molar-refractivity contribution in [3.05, 3.63) is 70.4 Å². The van der Waals surface area contributed by atoms with Crippen LogP contribution in [0.15, 0.2) is 53.4 Å². The van der Waals surface area contributed by atoms with Crippen LogP contribution in [0.1, 0.15) is 48.7 Å². The van der Waals surface area contributed by atoms with E-state index in [1.54, 1.807) is 43.9 Å². The number of ether oxygens (including phenoxy) is 1. The number of hydrogen-bond donors (Lipinski definition) is 2. The second kappa shape index (κ2) is 13.1. The molecule has 0 saturated carbocycles. The van der Waals surface area contributed by atoms with Crippen LogP contribution in [-0.2, 0) is 4.74 Å². The number of aliphatic hydroxyl groups is 1. The van der Waals surface area contributed by atoms with Gasteiger partial charge in [0.05, 0.1) is 18.3 Å². The Bertz CT molecular complexity index is 1390. The standard InChI is InChI=1S/C30H36ClN5O4S/c1-19-9-6-10-20(2)26(19)24-16-25(31)33-28(32-24)34-41-23-12-7-11-21(15-23)27(38)35-13-8-14-36(18-22(37)17-35)29(39)40-30(3,4)5/h6-7,9-12,15-16,22,37H,8,13-14,17-18H2,1-5H3,(H,32,33,34). The highest BCUT2D eigenvalue weighted by Gasteiger charge is 2.28. The summed E-state index contributed by atoms with van der Waals surface area (Å²) in [6.07, 6.45) is -0.780. The summed E-state index contributed by atoms with van der Waals surface area (Å²) in [7, 11) is 0. The van der Waals surface area contributed by atoms with Crippen LogP contribution >= 0.6 is 23.5 Å². The van der Waals surface area contributed by atoms with Gasteiger partial charge in [-0.05, 0) is 82.3 Å². The molecule has 1 fully saturated rings. The number of aromatic nitrogens is 2. The highest BCUT2D eigenvalue weighted by Crippen LogP contribution is 2.29. The van der Waals surface area contributed by atoms with Gasteiger partial charge in [-0.2, -0.15) is 0 Å². The number of rotatable bonds is 5. The first-order chi connectivity index (χ1) is 19.4. The summed E-state index contributed by atoms with van der Waals surface area (Å²) in [6, 6.07) is 15.0. The van der Waals surface area contributed by atoms with Crippen molar-refractivity contribution in [2.45, 2.75) is 57.6 Å². The third-order valence-corrected chi connectivity index (χ3v) is 7.40. The van der Waals surface area contributed by atoms with Gasteiger partial charge in [0.15, 0.2) is 0 Å². The van der Waals surface area contributed by atoms with Crippen LogP contribution < -0.4 is 4.72 Å². The quantitative estimate of drug-likeness (QED) is 0.273. The number of amides is 2. The Hall–Kier alpha value is -3.34. The van der Waals surface area contributed by atoms with Gasteiger partial charge in [0.25, 0.3) is 5.91 Å². The smallest absolute Gasteiger partial charge is 0.410 e. The minimum atomic E-state index is -0.892. The molecule has 4 rings (SSSR count). The molecule has 0 bridgehead atoms. The molecule has 9 nitrogen and oxygen atoms in total. The highest BCUT2D eigenvalue weighted by molar-refractivity contribution is 8.00. The molecular weight excluding hydrogens is 562 g/mol. The molecule has 3 aromatic rings. The molecule has 1 aliphatic heterocycles. The maximum absolute atomic E-state index is 13.4. The van der Waals surface area contributed by atoms with Crippen molar-refractivity contribution in [2.24, 2.45) is 0 Å². The maximum atomic E-state index is 13.4. The Kier molecular flexibility index (Phi) is 9.78. The number of carbonyl (C=O) groups is 2. The normalized spacial score (nSPS) is 16.1. The molecule has 1 aromatic heterocycles. The minimum Gasteiger partial charge on any atom is -0.444 e. The topological polar surface area (TPSA) is 108 Å². The maximum Gasteiger partial charge on any atom is 0.410 e. The summed E-state index contributed by atoms with van der Waals surface area (Å²) < 4.78 is 8.60. The predicted octanol–water partition coefficient (Wildman–Crippen LogP) is 5.98. The fourth-order valence-corrected chi connectivity index (χ4v) is 5.48. The Morgan fingerprint density at radius 2 is 1.68 bits per heavy atom. The Morgan fingerprint density at radius 1 is 1.02 bits per heavy atom. The Labute approximate surface area is 250 Å². The number of carbonyl (C=O) groups excluding carboxylic acids is 2. The first kappa shape index (κ1) is 30.6. The molecule has 11 heteroatoms. The van der Waals surface area contributed by atoms with Crippen LogP contribution in [0.5, 0.6) is 0 Å². The SMILES string of the molecule is Cc1cccc(C)c1-c1cc(Cl)nc(NSc2cccc(C(=O)N3CCCN(C(=O)OC(C)(C)C)CC(O)C3)c2)n1. The van der Waals surface area contributed by atoms with E-state index >= 15 is 0 Å². The molecule has 1 saturated heterocycles. The average molecular weight is 598 g/mol. The molecule has 1 aliphatic rings. The number of nitrogens with one attached hydrogen (secondary N) is 1. The molecule has 0 radical (unpaired) electrons. The van der Waals surface area contributed by atoms with Crippen molar-refractivity contribution >= 4 is 41.5 Å². The van der Waals surface area contributed by atoms with E-state index in [1.807, 2.05) is 44.2 Å². The third-order valence-electron chi connectivity index (χ3n) is 6.43. The number of nitrogens with zero attached hydrogens (tertiary/aromatic N) is 4. The van der Waals surface area contributed by atoms with Crippen LogP contribution in [0.2, 0.25) is 5.15 Å². The lowest BCUT2D eigenvalue weighted by Crippen LogP contribution is -2.49. The largest absolute Gasteiger partial charge is 0.444 e. The molecule has 0 spiro atoms. The van der Waals surface area contributed by atoms with E-state index in [0.717, 1.165) is 27.3 Å². The first-order valence-corrected chi connectivity index (χ1v) is 14.7. The van der Waals surface area contributed by atoms with E-state index in [0.29, 0.717) is 36.2 Å². The molecule has 41 heavy (non-hydrogen) atoms. The van der Waals surface area contributed by atoms with Gasteiger partial charge in [-0.15, -0.1) is 0 Å².